The van der Waals surface area contributed by atoms with Crippen molar-refractivity contribution >= 4 is 5.69 Å². The van der Waals surface area contributed by atoms with Crippen LogP contribution in [0.1, 0.15) is 29.8 Å². The Balaban J connectivity index is 1.93. The molecule has 2 aromatic rings. The van der Waals surface area contributed by atoms with E-state index in [-0.39, 0.29) is 11.7 Å². The highest BCUT2D eigenvalue weighted by atomic mass is 16.6. The van der Waals surface area contributed by atoms with Crippen molar-refractivity contribution in [3.63, 3.8) is 0 Å². The Hall–Kier alpha value is -2.25. The lowest BCUT2D eigenvalue weighted by Crippen LogP contribution is -2.25. The third-order valence-electron chi connectivity index (χ3n) is 3.67. The van der Waals surface area contributed by atoms with Crippen LogP contribution in [0.15, 0.2) is 6.20 Å². The topological polar surface area (TPSA) is 91.7 Å². The molecule has 0 bridgehead atoms. The van der Waals surface area contributed by atoms with Crippen LogP contribution in [0, 0.1) is 24.0 Å². The molecule has 19 heavy (non-hydrogen) atoms. The maximum absolute atomic E-state index is 10.9. The second-order valence-corrected chi connectivity index (χ2v) is 4.78. The molecule has 3 heterocycles. The van der Waals surface area contributed by atoms with E-state index in [0.29, 0.717) is 12.2 Å². The van der Waals surface area contributed by atoms with Gasteiger partial charge in [-0.3, -0.25) is 14.8 Å². The van der Waals surface area contributed by atoms with E-state index in [0.717, 1.165) is 24.5 Å². The van der Waals surface area contributed by atoms with Gasteiger partial charge in [-0.25, -0.2) is 0 Å². The Bertz CT molecular complexity index is 644. The van der Waals surface area contributed by atoms with Crippen molar-refractivity contribution in [2.24, 2.45) is 0 Å². The number of hydrogen-bond donors (Lipinski definition) is 0. The molecule has 1 aliphatic heterocycles. The average molecular weight is 262 g/mol. The van der Waals surface area contributed by atoms with E-state index >= 15 is 0 Å². The largest absolute Gasteiger partial charge is 0.313 e. The molecule has 0 amide bonds. The maximum atomic E-state index is 10.9. The van der Waals surface area contributed by atoms with E-state index in [2.05, 4.69) is 19.9 Å². The summed E-state index contributed by atoms with van der Waals surface area (Å²) < 4.78 is 3.81. The molecule has 8 nitrogen and oxygen atoms in total. The molecular formula is C11H14N6O2. The minimum Gasteiger partial charge on any atom is -0.313 e. The van der Waals surface area contributed by atoms with Crippen LogP contribution in [0.25, 0.3) is 0 Å². The molecular weight excluding hydrogens is 248 g/mol. The molecule has 0 saturated carbocycles. The second kappa shape index (κ2) is 4.15. The monoisotopic (exact) mass is 262 g/mol. The van der Waals surface area contributed by atoms with Gasteiger partial charge in [-0.1, -0.05) is 0 Å². The van der Waals surface area contributed by atoms with Crippen LogP contribution < -0.4 is 0 Å². The normalized spacial score (nSPS) is 18.3. The quantitative estimate of drug-likeness (QED) is 0.598. The lowest BCUT2D eigenvalue weighted by atomic mass is 10.1. The fourth-order valence-corrected chi connectivity index (χ4v) is 2.61. The van der Waals surface area contributed by atoms with Crippen molar-refractivity contribution in [1.82, 2.24) is 24.5 Å². The molecule has 100 valence electrons. The number of nitrogens with zero attached hydrogens (tertiary/aromatic N) is 6. The molecule has 1 atom stereocenters. The highest BCUT2D eigenvalue weighted by molar-refractivity contribution is 5.32. The molecule has 0 aromatic carbocycles. The SMILES string of the molecule is Cc1c([N+](=O)[O-])cnn1C1CCc2nnc(C)n2C1. The zero-order valence-electron chi connectivity index (χ0n) is 10.8. The molecule has 0 saturated heterocycles. The van der Waals surface area contributed by atoms with Gasteiger partial charge in [0.05, 0.1) is 11.0 Å². The van der Waals surface area contributed by atoms with Gasteiger partial charge in [0.15, 0.2) is 0 Å². The van der Waals surface area contributed by atoms with Crippen LogP contribution in [-0.2, 0) is 13.0 Å². The van der Waals surface area contributed by atoms with Gasteiger partial charge in [0, 0.05) is 13.0 Å². The van der Waals surface area contributed by atoms with Crippen molar-refractivity contribution in [3.8, 4) is 0 Å². The molecule has 0 N–H and O–H groups in total. The minimum absolute atomic E-state index is 0.0753. The van der Waals surface area contributed by atoms with E-state index in [1.54, 1.807) is 11.6 Å². The first-order valence-electron chi connectivity index (χ1n) is 6.15. The zero-order chi connectivity index (χ0) is 13.6. The Morgan fingerprint density at radius 2 is 2.21 bits per heavy atom. The van der Waals surface area contributed by atoms with Gasteiger partial charge < -0.3 is 4.57 Å². The number of fused-ring (bicyclic) bond motifs is 1. The van der Waals surface area contributed by atoms with Gasteiger partial charge >= 0.3 is 5.69 Å². The Morgan fingerprint density at radius 3 is 2.89 bits per heavy atom. The van der Waals surface area contributed by atoms with Crippen molar-refractivity contribution in [1.29, 1.82) is 0 Å². The van der Waals surface area contributed by atoms with Crippen LogP contribution in [-0.4, -0.2) is 29.5 Å². The van der Waals surface area contributed by atoms with E-state index in [4.69, 9.17) is 0 Å². The predicted molar refractivity (Wildman–Crippen MR) is 65.7 cm³/mol. The third kappa shape index (κ3) is 1.79. The fraction of sp³-hybridized carbons (Fsp3) is 0.545. The number of rotatable bonds is 2. The van der Waals surface area contributed by atoms with Crippen LogP contribution in [0.5, 0.6) is 0 Å². The van der Waals surface area contributed by atoms with Crippen LogP contribution in [0.4, 0.5) is 5.69 Å². The first-order chi connectivity index (χ1) is 9.08. The molecule has 2 aromatic heterocycles. The molecule has 0 fully saturated rings. The van der Waals surface area contributed by atoms with Gasteiger partial charge in [0.2, 0.25) is 0 Å². The summed E-state index contributed by atoms with van der Waals surface area (Å²) >= 11 is 0. The van der Waals surface area contributed by atoms with Crippen LogP contribution >= 0.6 is 0 Å². The van der Waals surface area contributed by atoms with Gasteiger partial charge in [0.1, 0.15) is 23.5 Å². The average Bonchev–Trinajstić information content (AvgIpc) is 2.93. The molecule has 3 rings (SSSR count). The second-order valence-electron chi connectivity index (χ2n) is 4.78. The summed E-state index contributed by atoms with van der Waals surface area (Å²) in [7, 11) is 0. The maximum Gasteiger partial charge on any atom is 0.309 e. The molecule has 0 aliphatic carbocycles. The van der Waals surface area contributed by atoms with Gasteiger partial charge in [-0.05, 0) is 20.3 Å². The predicted octanol–water partition coefficient (Wildman–Crippen LogP) is 1.19. The molecule has 0 spiro atoms. The standard InChI is InChI=1S/C11H14N6O2/c1-7-10(17(18)19)5-12-16(7)9-3-4-11-14-13-8(2)15(11)6-9/h5,9H,3-4,6H2,1-2H3. The summed E-state index contributed by atoms with van der Waals surface area (Å²) in [4.78, 5) is 10.5. The number of hydrogen-bond acceptors (Lipinski definition) is 5. The molecule has 0 radical (unpaired) electrons. The molecule has 8 heteroatoms. The first kappa shape index (κ1) is 11.8. The summed E-state index contributed by atoms with van der Waals surface area (Å²) in [6.45, 7) is 4.37. The highest BCUT2D eigenvalue weighted by Gasteiger charge is 2.27. The van der Waals surface area contributed by atoms with Gasteiger partial charge in [-0.15, -0.1) is 10.2 Å². The fourth-order valence-electron chi connectivity index (χ4n) is 2.61. The highest BCUT2D eigenvalue weighted by Crippen LogP contribution is 2.27. The van der Waals surface area contributed by atoms with Crippen molar-refractivity contribution in [2.45, 2.75) is 39.3 Å². The molecule has 1 unspecified atom stereocenters. The van der Waals surface area contributed by atoms with Crippen molar-refractivity contribution < 1.29 is 4.92 Å². The summed E-state index contributed by atoms with van der Waals surface area (Å²) in [6.07, 6.45) is 3.01. The number of nitro groups is 1. The number of aromatic nitrogens is 5. The van der Waals surface area contributed by atoms with Crippen molar-refractivity contribution in [2.75, 3.05) is 0 Å². The Kier molecular flexibility index (Phi) is 2.58. The van der Waals surface area contributed by atoms with Crippen LogP contribution in [0.3, 0.4) is 0 Å². The van der Waals surface area contributed by atoms with E-state index < -0.39 is 4.92 Å². The van der Waals surface area contributed by atoms with Crippen molar-refractivity contribution in [3.05, 3.63) is 33.7 Å². The lowest BCUT2D eigenvalue weighted by molar-refractivity contribution is -0.385. The Morgan fingerprint density at radius 1 is 1.42 bits per heavy atom. The van der Waals surface area contributed by atoms with Gasteiger partial charge in [-0.2, -0.15) is 5.10 Å². The van der Waals surface area contributed by atoms with Crippen LogP contribution in [0.2, 0.25) is 0 Å². The van der Waals surface area contributed by atoms with Gasteiger partial charge in [0.25, 0.3) is 0 Å². The zero-order valence-corrected chi connectivity index (χ0v) is 10.8. The minimum atomic E-state index is -0.392. The summed E-state index contributed by atoms with van der Waals surface area (Å²) in [5, 5.41) is 23.2. The number of aryl methyl sites for hydroxylation is 2. The lowest BCUT2D eigenvalue weighted by Gasteiger charge is -2.24. The molecule has 1 aliphatic rings. The Labute approximate surface area is 109 Å². The first-order valence-corrected chi connectivity index (χ1v) is 6.15. The van der Waals surface area contributed by atoms with E-state index in [1.165, 1.54) is 6.20 Å². The smallest absolute Gasteiger partial charge is 0.309 e. The summed E-state index contributed by atoms with van der Waals surface area (Å²) in [5.41, 5.74) is 0.676. The van der Waals surface area contributed by atoms with E-state index in [9.17, 15) is 10.1 Å². The van der Waals surface area contributed by atoms with E-state index in [1.807, 2.05) is 6.92 Å². The summed E-state index contributed by atoms with van der Waals surface area (Å²) in [6, 6.07) is 0.121. The summed E-state index contributed by atoms with van der Waals surface area (Å²) in [5.74, 6) is 1.85. The third-order valence-corrected chi connectivity index (χ3v) is 3.67.